The molecule has 2 heterocycles. The van der Waals surface area contributed by atoms with Crippen LogP contribution in [0.3, 0.4) is 0 Å². The number of rotatable bonds is 9. The van der Waals surface area contributed by atoms with E-state index in [1.807, 2.05) is 42.5 Å². The second-order valence-electron chi connectivity index (χ2n) is 12.4. The van der Waals surface area contributed by atoms with E-state index in [0.717, 1.165) is 67.5 Å². The number of aryl methyl sites for hydroxylation is 1. The molecule has 2 aromatic carbocycles. The van der Waals surface area contributed by atoms with E-state index in [1.165, 1.54) is 38.5 Å². The summed E-state index contributed by atoms with van der Waals surface area (Å²) in [7, 11) is 0. The van der Waals surface area contributed by atoms with Gasteiger partial charge in [-0.15, -0.1) is 0 Å². The van der Waals surface area contributed by atoms with Gasteiger partial charge < -0.3 is 14.4 Å². The smallest absolute Gasteiger partial charge is 0.313 e. The molecular weight excluding hydrogens is 546 g/mol. The number of aliphatic hydroxyl groups excluding tert-OH is 1. The fraction of sp³-hybridized carbons (Fsp3) is 0.543. The van der Waals surface area contributed by atoms with Crippen molar-refractivity contribution in [3.63, 3.8) is 0 Å². The molecule has 6 nitrogen and oxygen atoms in total. The molecular formula is C35H44ClN3O3. The lowest BCUT2D eigenvalue weighted by atomic mass is 9.88. The Balaban J connectivity index is 1.44. The first kappa shape index (κ1) is 29.4. The van der Waals surface area contributed by atoms with E-state index < -0.39 is 6.23 Å². The summed E-state index contributed by atoms with van der Waals surface area (Å²) in [5.74, 6) is 1.11. The second-order valence-corrected chi connectivity index (χ2v) is 12.8. The number of imidazole rings is 1. The fourth-order valence-corrected chi connectivity index (χ4v) is 7.80. The summed E-state index contributed by atoms with van der Waals surface area (Å²) in [6.07, 6.45) is 13.7. The van der Waals surface area contributed by atoms with Crippen molar-refractivity contribution in [3.05, 3.63) is 70.8 Å². The molecule has 0 radical (unpaired) electrons. The Hall–Kier alpha value is -2.67. The molecule has 3 aromatic rings. The van der Waals surface area contributed by atoms with Crippen molar-refractivity contribution in [2.75, 3.05) is 0 Å². The molecule has 3 aliphatic rings. The van der Waals surface area contributed by atoms with Gasteiger partial charge in [0.2, 0.25) is 0 Å². The highest BCUT2D eigenvalue weighted by atomic mass is 35.5. The lowest BCUT2D eigenvalue weighted by Gasteiger charge is -2.44. The summed E-state index contributed by atoms with van der Waals surface area (Å²) in [6.45, 7) is 2.16. The van der Waals surface area contributed by atoms with Crippen LogP contribution < -0.4 is 4.74 Å². The number of carbonyl (C=O) groups excluding carboxylic acids is 1. The lowest BCUT2D eigenvalue weighted by molar-refractivity contribution is -0.134. The first-order chi connectivity index (χ1) is 20.5. The standard InChI is InChI=1S/C35H44ClN3O3/c1-2-3-19-31-37-34(36)33(35(41)38(26-15-9-5-10-16-26)27-17-11-6-12-18-27)39(31)29-23-32(40)42-30-22-25(29)20-21-28(30)24-13-7-4-8-14-24/h4,7-8,13-14,20-22,26-27,29,35,41H,2-3,5-6,9-12,15-19,23H2,1H3. The van der Waals surface area contributed by atoms with Gasteiger partial charge in [-0.1, -0.05) is 106 Å². The summed E-state index contributed by atoms with van der Waals surface area (Å²) in [5.41, 5.74) is 3.50. The Morgan fingerprint density at radius 2 is 1.67 bits per heavy atom. The van der Waals surface area contributed by atoms with Gasteiger partial charge in [0.05, 0.1) is 12.5 Å². The van der Waals surface area contributed by atoms with E-state index in [2.05, 4.69) is 22.5 Å². The number of aliphatic hydroxyl groups is 1. The van der Waals surface area contributed by atoms with Crippen LogP contribution >= 0.6 is 11.6 Å². The molecule has 2 aliphatic carbocycles. The van der Waals surface area contributed by atoms with Crippen LogP contribution in [0.4, 0.5) is 0 Å². The average molecular weight is 590 g/mol. The van der Waals surface area contributed by atoms with E-state index in [-0.39, 0.29) is 18.4 Å². The minimum absolute atomic E-state index is 0.153. The number of benzene rings is 2. The molecule has 7 heteroatoms. The largest absolute Gasteiger partial charge is 0.426 e. The molecule has 2 bridgehead atoms. The Morgan fingerprint density at radius 3 is 2.31 bits per heavy atom. The maximum absolute atomic E-state index is 13.4. The molecule has 1 aromatic heterocycles. The van der Waals surface area contributed by atoms with Gasteiger partial charge >= 0.3 is 5.97 Å². The quantitative estimate of drug-likeness (QED) is 0.154. The van der Waals surface area contributed by atoms with Crippen molar-refractivity contribution in [3.8, 4) is 16.9 Å². The first-order valence-electron chi connectivity index (χ1n) is 16.2. The van der Waals surface area contributed by atoms with Crippen LogP contribution in [0.2, 0.25) is 5.15 Å². The van der Waals surface area contributed by atoms with Gasteiger partial charge in [0.25, 0.3) is 0 Å². The van der Waals surface area contributed by atoms with Crippen molar-refractivity contribution in [1.82, 2.24) is 14.5 Å². The van der Waals surface area contributed by atoms with Crippen LogP contribution in [-0.2, 0) is 11.2 Å². The zero-order chi connectivity index (χ0) is 29.1. The maximum Gasteiger partial charge on any atom is 0.313 e. The van der Waals surface area contributed by atoms with Gasteiger partial charge in [0, 0.05) is 24.1 Å². The van der Waals surface area contributed by atoms with Crippen LogP contribution in [0, 0.1) is 0 Å². The van der Waals surface area contributed by atoms with Crippen LogP contribution in [0.5, 0.6) is 5.75 Å². The van der Waals surface area contributed by atoms with E-state index in [1.54, 1.807) is 0 Å². The third-order valence-corrected chi connectivity index (χ3v) is 9.90. The van der Waals surface area contributed by atoms with E-state index in [9.17, 15) is 9.90 Å². The number of ether oxygens (including phenoxy) is 1. The lowest BCUT2D eigenvalue weighted by Crippen LogP contribution is -2.48. The van der Waals surface area contributed by atoms with Gasteiger partial charge in [-0.2, -0.15) is 0 Å². The Morgan fingerprint density at radius 1 is 1.00 bits per heavy atom. The molecule has 2 atom stereocenters. The normalized spacial score (nSPS) is 20.9. The van der Waals surface area contributed by atoms with Crippen molar-refractivity contribution < 1.29 is 14.6 Å². The zero-order valence-electron chi connectivity index (χ0n) is 24.8. The maximum atomic E-state index is 13.4. The molecule has 0 spiro atoms. The molecule has 0 saturated heterocycles. The van der Waals surface area contributed by atoms with Gasteiger partial charge in [-0.05, 0) is 49.3 Å². The van der Waals surface area contributed by atoms with Crippen LogP contribution in [0.15, 0.2) is 48.5 Å². The summed E-state index contributed by atoms with van der Waals surface area (Å²) < 4.78 is 8.05. The number of nitrogens with zero attached hydrogens (tertiary/aromatic N) is 3. The minimum Gasteiger partial charge on any atom is -0.426 e. The molecule has 6 rings (SSSR count). The van der Waals surface area contributed by atoms with Crippen molar-refractivity contribution in [2.24, 2.45) is 0 Å². The molecule has 1 aliphatic heterocycles. The number of carbonyl (C=O) groups is 1. The van der Waals surface area contributed by atoms with E-state index >= 15 is 0 Å². The van der Waals surface area contributed by atoms with Crippen molar-refractivity contribution >= 4 is 17.6 Å². The van der Waals surface area contributed by atoms with Crippen molar-refractivity contribution in [1.29, 1.82) is 0 Å². The minimum atomic E-state index is -0.881. The monoisotopic (exact) mass is 589 g/mol. The van der Waals surface area contributed by atoms with Crippen molar-refractivity contribution in [2.45, 2.75) is 121 Å². The second kappa shape index (κ2) is 13.3. The summed E-state index contributed by atoms with van der Waals surface area (Å²) >= 11 is 7.00. The predicted molar refractivity (Wildman–Crippen MR) is 167 cm³/mol. The Bertz CT molecular complexity index is 1340. The number of halogens is 1. The number of hydrogen-bond acceptors (Lipinski definition) is 5. The molecule has 2 unspecified atom stereocenters. The Labute approximate surface area is 255 Å². The molecule has 0 amide bonds. The SMILES string of the molecule is CCCCc1nc(Cl)c(C(O)N(C2CCCCC2)C2CCCCC2)n1C1CC(=O)Oc2cc1ccc2-c1ccccc1. The topological polar surface area (TPSA) is 67.6 Å². The summed E-state index contributed by atoms with van der Waals surface area (Å²) in [4.78, 5) is 20.6. The molecule has 42 heavy (non-hydrogen) atoms. The number of hydrogen-bond donors (Lipinski definition) is 1. The number of aromatic nitrogens is 2. The third-order valence-electron chi connectivity index (χ3n) is 9.62. The van der Waals surface area contributed by atoms with Crippen LogP contribution in [0.1, 0.15) is 120 Å². The predicted octanol–water partition coefficient (Wildman–Crippen LogP) is 8.40. The van der Waals surface area contributed by atoms with E-state index in [0.29, 0.717) is 28.7 Å². The molecule has 2 fully saturated rings. The first-order valence-corrected chi connectivity index (χ1v) is 16.5. The molecule has 2 saturated carbocycles. The van der Waals surface area contributed by atoms with Gasteiger partial charge in [0.1, 0.15) is 17.3 Å². The van der Waals surface area contributed by atoms with Gasteiger partial charge in [-0.3, -0.25) is 9.69 Å². The number of esters is 1. The number of unbranched alkanes of at least 4 members (excludes halogenated alkanes) is 1. The molecule has 1 N–H and O–H groups in total. The Kier molecular flexibility index (Phi) is 9.32. The zero-order valence-corrected chi connectivity index (χ0v) is 25.6. The van der Waals surface area contributed by atoms with E-state index in [4.69, 9.17) is 21.3 Å². The number of fused-ring (bicyclic) bond motifs is 2. The highest BCUT2D eigenvalue weighted by molar-refractivity contribution is 6.30. The van der Waals surface area contributed by atoms with Crippen LogP contribution in [-0.4, -0.2) is 37.6 Å². The average Bonchev–Trinajstić information content (AvgIpc) is 3.29. The highest BCUT2D eigenvalue weighted by Gasteiger charge is 2.39. The van der Waals surface area contributed by atoms with Gasteiger partial charge in [-0.25, -0.2) is 4.98 Å². The van der Waals surface area contributed by atoms with Crippen LogP contribution in [0.25, 0.3) is 11.1 Å². The fourth-order valence-electron chi connectivity index (χ4n) is 7.52. The highest BCUT2D eigenvalue weighted by Crippen LogP contribution is 2.43. The molecule has 224 valence electrons. The summed E-state index contributed by atoms with van der Waals surface area (Å²) in [5, 5.41) is 12.7. The van der Waals surface area contributed by atoms with Gasteiger partial charge in [0.15, 0.2) is 11.4 Å². The summed E-state index contributed by atoms with van der Waals surface area (Å²) in [6, 6.07) is 16.4. The third kappa shape index (κ3) is 6.04.